The molecule has 3 aromatic carbocycles. The summed E-state index contributed by atoms with van der Waals surface area (Å²) in [6.07, 6.45) is -1.09. The van der Waals surface area contributed by atoms with Gasteiger partial charge >= 0.3 is 12.1 Å². The zero-order valence-corrected chi connectivity index (χ0v) is 19.7. The second-order valence-corrected chi connectivity index (χ2v) is 8.76. The van der Waals surface area contributed by atoms with Crippen molar-refractivity contribution in [1.29, 1.82) is 0 Å². The Morgan fingerprint density at radius 2 is 1.57 bits per heavy atom. The summed E-state index contributed by atoms with van der Waals surface area (Å²) < 4.78 is 5.54. The highest BCUT2D eigenvalue weighted by Gasteiger charge is 2.30. The Balaban J connectivity index is 1.43. The Hall–Kier alpha value is -4.13. The molecule has 2 amide bonds. The molecule has 0 bridgehead atoms. The zero-order valence-electron chi connectivity index (χ0n) is 19.7. The zero-order chi connectivity index (χ0) is 24.9. The van der Waals surface area contributed by atoms with Crippen LogP contribution >= 0.6 is 0 Å². The summed E-state index contributed by atoms with van der Waals surface area (Å²) >= 11 is 0. The highest BCUT2D eigenvalue weighted by molar-refractivity contribution is 5.97. The molecule has 3 aromatic rings. The van der Waals surface area contributed by atoms with Crippen molar-refractivity contribution in [3.05, 3.63) is 89.0 Å². The van der Waals surface area contributed by atoms with Crippen molar-refractivity contribution in [2.75, 3.05) is 11.9 Å². The van der Waals surface area contributed by atoms with E-state index in [9.17, 15) is 14.4 Å². The van der Waals surface area contributed by atoms with Crippen LogP contribution < -0.4 is 10.6 Å². The second-order valence-electron chi connectivity index (χ2n) is 8.76. The van der Waals surface area contributed by atoms with Gasteiger partial charge in [0, 0.05) is 18.0 Å². The lowest BCUT2D eigenvalue weighted by molar-refractivity contribution is -0.137. The predicted octanol–water partition coefficient (Wildman–Crippen LogP) is 5.01. The summed E-state index contributed by atoms with van der Waals surface area (Å²) in [4.78, 5) is 36.7. The van der Waals surface area contributed by atoms with Gasteiger partial charge in [0.1, 0.15) is 12.6 Å². The van der Waals surface area contributed by atoms with E-state index in [2.05, 4.69) is 10.6 Å². The third kappa shape index (κ3) is 5.51. The van der Waals surface area contributed by atoms with Crippen LogP contribution in [0.1, 0.15) is 41.0 Å². The Labute approximate surface area is 204 Å². The Morgan fingerprint density at radius 1 is 0.943 bits per heavy atom. The smallest absolute Gasteiger partial charge is 0.407 e. The van der Waals surface area contributed by atoms with Crippen LogP contribution in [0.2, 0.25) is 0 Å². The molecule has 1 unspecified atom stereocenters. The fraction of sp³-hybridized carbons (Fsp3) is 0.250. The van der Waals surface area contributed by atoms with E-state index in [1.807, 2.05) is 74.5 Å². The molecule has 3 N–H and O–H groups in total. The molecule has 1 aliphatic rings. The van der Waals surface area contributed by atoms with Crippen LogP contribution in [0.15, 0.2) is 66.7 Å². The molecule has 7 heteroatoms. The summed E-state index contributed by atoms with van der Waals surface area (Å²) in [6.45, 7) is 3.92. The van der Waals surface area contributed by atoms with Crippen molar-refractivity contribution in [2.24, 2.45) is 0 Å². The van der Waals surface area contributed by atoms with Crippen molar-refractivity contribution in [3.8, 4) is 11.1 Å². The number of ether oxygens (including phenoxy) is 1. The first-order valence-corrected chi connectivity index (χ1v) is 11.5. The topological polar surface area (TPSA) is 105 Å². The SMILES string of the molecule is Cc1ccc(NC(=O)C(CCC(=O)O)NC(=O)OCC2c3ccccc3-c3ccccc32)c(C)c1. The summed E-state index contributed by atoms with van der Waals surface area (Å²) in [6, 6.07) is 20.5. The molecule has 180 valence electrons. The Kier molecular flexibility index (Phi) is 7.15. The van der Waals surface area contributed by atoms with Crippen LogP contribution in [0.3, 0.4) is 0 Å². The number of hydrogen-bond acceptors (Lipinski definition) is 4. The van der Waals surface area contributed by atoms with Gasteiger partial charge in [-0.25, -0.2) is 4.79 Å². The number of carboxylic acids is 1. The van der Waals surface area contributed by atoms with Crippen molar-refractivity contribution in [2.45, 2.75) is 38.6 Å². The maximum absolute atomic E-state index is 12.9. The van der Waals surface area contributed by atoms with Gasteiger partial charge in [-0.2, -0.15) is 0 Å². The Bertz CT molecular complexity index is 1220. The van der Waals surface area contributed by atoms with E-state index in [0.717, 1.165) is 33.4 Å². The molecular weight excluding hydrogens is 444 g/mol. The lowest BCUT2D eigenvalue weighted by Crippen LogP contribution is -2.44. The summed E-state index contributed by atoms with van der Waals surface area (Å²) in [5, 5.41) is 14.4. The van der Waals surface area contributed by atoms with Crippen LogP contribution in [0, 0.1) is 13.8 Å². The van der Waals surface area contributed by atoms with Crippen molar-refractivity contribution < 1.29 is 24.2 Å². The molecule has 0 radical (unpaired) electrons. The first kappa shape index (κ1) is 24.0. The van der Waals surface area contributed by atoms with E-state index in [-0.39, 0.29) is 25.4 Å². The Morgan fingerprint density at radius 3 is 2.17 bits per heavy atom. The number of alkyl carbamates (subject to hydrolysis) is 1. The molecule has 0 aliphatic heterocycles. The van der Waals surface area contributed by atoms with Gasteiger partial charge in [-0.05, 0) is 54.2 Å². The van der Waals surface area contributed by atoms with Gasteiger partial charge in [0.2, 0.25) is 5.91 Å². The van der Waals surface area contributed by atoms with Gasteiger partial charge in [0.05, 0.1) is 0 Å². The summed E-state index contributed by atoms with van der Waals surface area (Å²) in [7, 11) is 0. The van der Waals surface area contributed by atoms with E-state index < -0.39 is 24.0 Å². The molecular formula is C28H28N2O5. The largest absolute Gasteiger partial charge is 0.481 e. The molecule has 0 fully saturated rings. The van der Waals surface area contributed by atoms with E-state index >= 15 is 0 Å². The summed E-state index contributed by atoms with van der Waals surface area (Å²) in [5.74, 6) is -1.66. The van der Waals surface area contributed by atoms with Crippen LogP contribution in [-0.2, 0) is 14.3 Å². The first-order chi connectivity index (χ1) is 16.8. The number of rotatable bonds is 8. The number of fused-ring (bicyclic) bond motifs is 3. The van der Waals surface area contributed by atoms with Gasteiger partial charge in [-0.3, -0.25) is 9.59 Å². The second kappa shape index (κ2) is 10.4. The number of benzene rings is 3. The van der Waals surface area contributed by atoms with Crippen LogP contribution in [-0.4, -0.2) is 35.7 Å². The summed E-state index contributed by atoms with van der Waals surface area (Å²) in [5.41, 5.74) is 6.92. The van der Waals surface area contributed by atoms with E-state index in [1.165, 1.54) is 0 Å². The molecule has 35 heavy (non-hydrogen) atoms. The van der Waals surface area contributed by atoms with Crippen LogP contribution in [0.4, 0.5) is 10.5 Å². The fourth-order valence-electron chi connectivity index (χ4n) is 4.49. The van der Waals surface area contributed by atoms with Gasteiger partial charge < -0.3 is 20.5 Å². The highest BCUT2D eigenvalue weighted by atomic mass is 16.5. The third-order valence-electron chi connectivity index (χ3n) is 6.24. The quantitative estimate of drug-likeness (QED) is 0.427. The third-order valence-corrected chi connectivity index (χ3v) is 6.24. The minimum Gasteiger partial charge on any atom is -0.481 e. The van der Waals surface area contributed by atoms with Crippen molar-refractivity contribution in [3.63, 3.8) is 0 Å². The van der Waals surface area contributed by atoms with Crippen LogP contribution in [0.5, 0.6) is 0 Å². The number of carboxylic acid groups (broad SMARTS) is 1. The van der Waals surface area contributed by atoms with E-state index in [0.29, 0.717) is 5.69 Å². The maximum Gasteiger partial charge on any atom is 0.407 e. The number of amides is 2. The first-order valence-electron chi connectivity index (χ1n) is 11.5. The fourth-order valence-corrected chi connectivity index (χ4v) is 4.49. The molecule has 7 nitrogen and oxygen atoms in total. The van der Waals surface area contributed by atoms with Gasteiger partial charge in [-0.15, -0.1) is 0 Å². The number of aryl methyl sites for hydroxylation is 2. The van der Waals surface area contributed by atoms with Gasteiger partial charge in [-0.1, -0.05) is 66.2 Å². The molecule has 1 atom stereocenters. The number of carbonyl (C=O) groups excluding carboxylic acids is 2. The average molecular weight is 473 g/mol. The lowest BCUT2D eigenvalue weighted by atomic mass is 9.98. The standard InChI is InChI=1S/C28H28N2O5/c1-17-11-12-24(18(2)15-17)29-27(33)25(13-14-26(31)32)30-28(34)35-16-23-21-9-5-3-7-19(21)20-8-4-6-10-22(20)23/h3-12,15,23,25H,13-14,16H2,1-2H3,(H,29,33)(H,30,34)(H,31,32). The van der Waals surface area contributed by atoms with Crippen LogP contribution in [0.25, 0.3) is 11.1 Å². The van der Waals surface area contributed by atoms with Gasteiger partial charge in [0.25, 0.3) is 0 Å². The van der Waals surface area contributed by atoms with Gasteiger partial charge in [0.15, 0.2) is 0 Å². The highest BCUT2D eigenvalue weighted by Crippen LogP contribution is 2.44. The lowest BCUT2D eigenvalue weighted by Gasteiger charge is -2.20. The number of carbonyl (C=O) groups is 3. The molecule has 0 spiro atoms. The van der Waals surface area contributed by atoms with Crippen molar-refractivity contribution in [1.82, 2.24) is 5.32 Å². The molecule has 0 saturated carbocycles. The maximum atomic E-state index is 12.9. The van der Waals surface area contributed by atoms with E-state index in [1.54, 1.807) is 6.07 Å². The normalized spacial score (nSPS) is 12.9. The molecule has 0 aromatic heterocycles. The number of anilines is 1. The minimum absolute atomic E-state index is 0.0593. The molecule has 0 saturated heterocycles. The molecule has 0 heterocycles. The van der Waals surface area contributed by atoms with Crippen molar-refractivity contribution >= 4 is 23.7 Å². The number of aliphatic carboxylic acids is 1. The minimum atomic E-state index is -1.05. The number of hydrogen-bond donors (Lipinski definition) is 3. The molecule has 1 aliphatic carbocycles. The van der Waals surface area contributed by atoms with E-state index in [4.69, 9.17) is 9.84 Å². The number of nitrogens with one attached hydrogen (secondary N) is 2. The molecule has 4 rings (SSSR count). The average Bonchev–Trinajstić information content (AvgIpc) is 3.15. The predicted molar refractivity (Wildman–Crippen MR) is 133 cm³/mol. The monoisotopic (exact) mass is 472 g/mol.